The SMILES string of the molecule is O=C(Cl)c1cc(Oc2ccc(Br)cc2Br)ccc1[N+](=O)[O-]. The molecule has 21 heavy (non-hydrogen) atoms. The van der Waals surface area contributed by atoms with E-state index in [9.17, 15) is 14.9 Å². The highest BCUT2D eigenvalue weighted by molar-refractivity contribution is 9.11. The molecule has 0 aliphatic heterocycles. The normalized spacial score (nSPS) is 10.2. The smallest absolute Gasteiger partial charge is 0.281 e. The van der Waals surface area contributed by atoms with E-state index in [0.29, 0.717) is 10.2 Å². The minimum absolute atomic E-state index is 0.215. The summed E-state index contributed by atoms with van der Waals surface area (Å²) in [5, 5.41) is 9.91. The number of nitro benzene ring substituents is 1. The zero-order valence-electron chi connectivity index (χ0n) is 10.2. The van der Waals surface area contributed by atoms with Crippen LogP contribution in [0.25, 0.3) is 0 Å². The molecule has 0 atom stereocenters. The van der Waals surface area contributed by atoms with Crippen molar-refractivity contribution in [2.45, 2.75) is 0 Å². The molecule has 2 aromatic rings. The summed E-state index contributed by atoms with van der Waals surface area (Å²) >= 11 is 12.0. The lowest BCUT2D eigenvalue weighted by Gasteiger charge is -2.09. The van der Waals surface area contributed by atoms with Gasteiger partial charge in [0.1, 0.15) is 17.1 Å². The molecule has 0 amide bonds. The summed E-state index contributed by atoms with van der Waals surface area (Å²) in [4.78, 5) is 21.4. The molecule has 0 bridgehead atoms. The molecule has 0 radical (unpaired) electrons. The molecule has 0 aliphatic carbocycles. The number of halogens is 3. The van der Waals surface area contributed by atoms with Crippen molar-refractivity contribution in [3.05, 3.63) is 61.0 Å². The summed E-state index contributed by atoms with van der Waals surface area (Å²) in [5.41, 5.74) is -0.579. The molecule has 0 saturated carbocycles. The predicted molar refractivity (Wildman–Crippen MR) is 85.2 cm³/mol. The van der Waals surface area contributed by atoms with Gasteiger partial charge in [-0.05, 0) is 57.9 Å². The number of hydrogen-bond donors (Lipinski definition) is 0. The van der Waals surface area contributed by atoms with Crippen LogP contribution in [-0.2, 0) is 0 Å². The van der Waals surface area contributed by atoms with E-state index < -0.39 is 10.2 Å². The summed E-state index contributed by atoms with van der Waals surface area (Å²) in [6, 6.07) is 9.08. The number of nitro groups is 1. The Kier molecular flexibility index (Phi) is 4.97. The molecule has 0 spiro atoms. The maximum atomic E-state index is 11.3. The standard InChI is InChI=1S/C13H6Br2ClNO4/c14-7-1-4-12(10(15)5-7)21-8-2-3-11(17(19)20)9(6-8)13(16)18/h1-6H. The van der Waals surface area contributed by atoms with Crippen LogP contribution >= 0.6 is 43.5 Å². The molecule has 0 unspecified atom stereocenters. The summed E-state index contributed by atoms with van der Waals surface area (Å²) in [6.45, 7) is 0. The third kappa shape index (κ3) is 3.81. The van der Waals surface area contributed by atoms with E-state index in [2.05, 4.69) is 31.9 Å². The van der Waals surface area contributed by atoms with Gasteiger partial charge in [-0.2, -0.15) is 0 Å². The summed E-state index contributed by atoms with van der Waals surface area (Å²) < 4.78 is 7.14. The Balaban J connectivity index is 2.39. The summed E-state index contributed by atoms with van der Waals surface area (Å²) in [6.07, 6.45) is 0. The van der Waals surface area contributed by atoms with Crippen molar-refractivity contribution in [1.29, 1.82) is 0 Å². The van der Waals surface area contributed by atoms with E-state index in [1.807, 2.05) is 0 Å². The van der Waals surface area contributed by atoms with Gasteiger partial charge in [-0.1, -0.05) is 15.9 Å². The lowest BCUT2D eigenvalue weighted by atomic mass is 10.2. The van der Waals surface area contributed by atoms with E-state index >= 15 is 0 Å². The Morgan fingerprint density at radius 3 is 2.48 bits per heavy atom. The molecule has 2 rings (SSSR count). The third-order valence-electron chi connectivity index (χ3n) is 2.50. The Morgan fingerprint density at radius 2 is 1.90 bits per heavy atom. The van der Waals surface area contributed by atoms with Crippen LogP contribution in [0.3, 0.4) is 0 Å². The maximum Gasteiger partial charge on any atom is 0.281 e. The van der Waals surface area contributed by atoms with Crippen molar-refractivity contribution in [3.8, 4) is 11.5 Å². The quantitative estimate of drug-likeness (QED) is 0.372. The van der Waals surface area contributed by atoms with Crippen LogP contribution in [0.4, 0.5) is 5.69 Å². The Hall–Kier alpha value is -1.44. The number of ether oxygens (including phenoxy) is 1. The van der Waals surface area contributed by atoms with Crippen molar-refractivity contribution in [2.75, 3.05) is 0 Å². The fourth-order valence-electron chi connectivity index (χ4n) is 1.58. The first-order valence-electron chi connectivity index (χ1n) is 5.49. The summed E-state index contributed by atoms with van der Waals surface area (Å²) in [5.74, 6) is 0.771. The van der Waals surface area contributed by atoms with Crippen LogP contribution in [-0.4, -0.2) is 10.2 Å². The Morgan fingerprint density at radius 1 is 1.19 bits per heavy atom. The monoisotopic (exact) mass is 433 g/mol. The molecule has 0 N–H and O–H groups in total. The maximum absolute atomic E-state index is 11.3. The largest absolute Gasteiger partial charge is 0.456 e. The fraction of sp³-hybridized carbons (Fsp3) is 0. The molecular formula is C13H6Br2ClNO4. The van der Waals surface area contributed by atoms with Crippen molar-refractivity contribution >= 4 is 54.4 Å². The van der Waals surface area contributed by atoms with Crippen LogP contribution < -0.4 is 4.74 Å². The molecule has 0 aliphatic rings. The minimum Gasteiger partial charge on any atom is -0.456 e. The first-order chi connectivity index (χ1) is 9.88. The van der Waals surface area contributed by atoms with Gasteiger partial charge in [0.05, 0.1) is 9.40 Å². The molecule has 108 valence electrons. The highest BCUT2D eigenvalue weighted by Crippen LogP contribution is 2.34. The van der Waals surface area contributed by atoms with Gasteiger partial charge >= 0.3 is 0 Å². The highest BCUT2D eigenvalue weighted by Gasteiger charge is 2.20. The zero-order valence-corrected chi connectivity index (χ0v) is 14.1. The molecule has 8 heteroatoms. The van der Waals surface area contributed by atoms with Crippen LogP contribution in [0.2, 0.25) is 0 Å². The Labute approximate surface area is 141 Å². The van der Waals surface area contributed by atoms with Gasteiger partial charge in [0, 0.05) is 10.5 Å². The van der Waals surface area contributed by atoms with Crippen molar-refractivity contribution < 1.29 is 14.5 Å². The number of nitrogens with zero attached hydrogens (tertiary/aromatic N) is 1. The van der Waals surface area contributed by atoms with Gasteiger partial charge < -0.3 is 4.74 Å². The average Bonchev–Trinajstić information content (AvgIpc) is 2.41. The minimum atomic E-state index is -0.915. The highest BCUT2D eigenvalue weighted by atomic mass is 79.9. The lowest BCUT2D eigenvalue weighted by Crippen LogP contribution is -1.99. The van der Waals surface area contributed by atoms with Gasteiger partial charge in [-0.25, -0.2) is 0 Å². The molecule has 0 aromatic heterocycles. The first kappa shape index (κ1) is 15.9. The van der Waals surface area contributed by atoms with Gasteiger partial charge in [-0.3, -0.25) is 14.9 Å². The van der Waals surface area contributed by atoms with Crippen LogP contribution in [0.5, 0.6) is 11.5 Å². The molecule has 0 saturated heterocycles. The van der Waals surface area contributed by atoms with E-state index in [-0.39, 0.29) is 17.0 Å². The fourth-order valence-corrected chi connectivity index (χ4v) is 2.86. The zero-order chi connectivity index (χ0) is 15.6. The van der Waals surface area contributed by atoms with Gasteiger partial charge in [-0.15, -0.1) is 0 Å². The van der Waals surface area contributed by atoms with E-state index in [0.717, 1.165) is 4.47 Å². The second-order valence-corrected chi connectivity index (χ2v) is 6.00. The van der Waals surface area contributed by atoms with E-state index in [4.69, 9.17) is 16.3 Å². The molecular weight excluding hydrogens is 429 g/mol. The van der Waals surface area contributed by atoms with Crippen LogP contribution in [0.1, 0.15) is 10.4 Å². The molecule has 0 heterocycles. The number of benzene rings is 2. The van der Waals surface area contributed by atoms with E-state index in [1.165, 1.54) is 18.2 Å². The lowest BCUT2D eigenvalue weighted by molar-refractivity contribution is -0.385. The number of rotatable bonds is 4. The molecule has 5 nitrogen and oxygen atoms in total. The van der Waals surface area contributed by atoms with Gasteiger partial charge in [0.15, 0.2) is 0 Å². The van der Waals surface area contributed by atoms with Gasteiger partial charge in [0.2, 0.25) is 0 Å². The van der Waals surface area contributed by atoms with Crippen molar-refractivity contribution in [3.63, 3.8) is 0 Å². The van der Waals surface area contributed by atoms with Crippen molar-refractivity contribution in [1.82, 2.24) is 0 Å². The second-order valence-electron chi connectivity index (χ2n) is 3.89. The summed E-state index contributed by atoms with van der Waals surface area (Å²) in [7, 11) is 0. The van der Waals surface area contributed by atoms with Crippen LogP contribution in [0, 0.1) is 10.1 Å². The number of carbonyl (C=O) groups is 1. The third-order valence-corrected chi connectivity index (χ3v) is 3.81. The van der Waals surface area contributed by atoms with Gasteiger partial charge in [0.25, 0.3) is 10.9 Å². The predicted octanol–water partition coefficient (Wildman–Crippen LogP) is 5.29. The molecule has 2 aromatic carbocycles. The second kappa shape index (κ2) is 6.55. The Bertz CT molecular complexity index is 736. The number of hydrogen-bond acceptors (Lipinski definition) is 4. The van der Waals surface area contributed by atoms with Crippen molar-refractivity contribution in [2.24, 2.45) is 0 Å². The average molecular weight is 435 g/mol. The van der Waals surface area contributed by atoms with E-state index in [1.54, 1.807) is 18.2 Å². The topological polar surface area (TPSA) is 69.4 Å². The molecule has 0 fully saturated rings. The number of carbonyl (C=O) groups excluding carboxylic acids is 1. The first-order valence-corrected chi connectivity index (χ1v) is 7.46. The van der Waals surface area contributed by atoms with Crippen LogP contribution in [0.15, 0.2) is 45.3 Å².